The zero-order valence-corrected chi connectivity index (χ0v) is 34.3. The topological polar surface area (TPSA) is 186 Å². The summed E-state index contributed by atoms with van der Waals surface area (Å²) >= 11 is 0. The number of ether oxygens (including phenoxy) is 2. The van der Waals surface area contributed by atoms with Crippen LogP contribution in [-0.4, -0.2) is 94.6 Å². The summed E-state index contributed by atoms with van der Waals surface area (Å²) in [6.45, 7) is 8.51. The lowest BCUT2D eigenvalue weighted by molar-refractivity contribution is -0.143. The highest BCUT2D eigenvalue weighted by Gasteiger charge is 2.67. The fourth-order valence-corrected chi connectivity index (χ4v) is 10.1. The Morgan fingerprint density at radius 3 is 2.45 bits per heavy atom. The van der Waals surface area contributed by atoms with Gasteiger partial charge in [0.1, 0.15) is 41.3 Å². The van der Waals surface area contributed by atoms with E-state index >= 15 is 0 Å². The molecule has 0 radical (unpaired) electrons. The normalized spacial score (nSPS) is 31.5. The number of sulfonamides is 1. The number of alkyl halides is 2. The monoisotopic (exact) mass is 834 g/mol. The van der Waals surface area contributed by atoms with Crippen molar-refractivity contribution in [1.82, 2.24) is 30.2 Å². The number of aryl methyl sites for hydroxylation is 1. The van der Waals surface area contributed by atoms with Gasteiger partial charge >= 0.3 is 6.09 Å². The van der Waals surface area contributed by atoms with Crippen LogP contribution in [0.2, 0.25) is 0 Å². The van der Waals surface area contributed by atoms with Gasteiger partial charge in [-0.25, -0.2) is 36.4 Å². The van der Waals surface area contributed by atoms with Crippen LogP contribution in [0, 0.1) is 29.0 Å². The minimum Gasteiger partial charge on any atom is -0.471 e. The second-order valence-electron chi connectivity index (χ2n) is 18.4. The molecular formula is C40H53F3N6O8S. The summed E-state index contributed by atoms with van der Waals surface area (Å²) in [5, 5.41) is 5.19. The maximum atomic E-state index is 14.7. The van der Waals surface area contributed by atoms with Gasteiger partial charge in [0.15, 0.2) is 0 Å². The number of rotatable bonds is 6. The number of hydrogen-bond donors (Lipinski definition) is 3. The summed E-state index contributed by atoms with van der Waals surface area (Å²) in [5.41, 5.74) is -2.00. The van der Waals surface area contributed by atoms with Gasteiger partial charge in [-0.15, -0.1) is 0 Å². The zero-order valence-electron chi connectivity index (χ0n) is 33.5. The molecule has 8 atom stereocenters. The van der Waals surface area contributed by atoms with Gasteiger partial charge in [0.25, 0.3) is 5.91 Å². The Kier molecular flexibility index (Phi) is 11.1. The summed E-state index contributed by atoms with van der Waals surface area (Å²) in [4.78, 5) is 66.8. The number of hydrogen-bond acceptors (Lipinski definition) is 10. The molecule has 0 spiro atoms. The SMILES string of the molecule is C[C@@H]1C[C@H]2CCCCCc3nc4ccc(F)cc4nc3O[C@@H]3C[C@@H](C(=O)N[C@]4(C(=O)NS(=O)(=O)C5(C)CC5)C[C@H]4C(F)F)N(C3)C(=O)[C@H](C(C)(C)C)NC(=O)O[C@@H]2C1. The van der Waals surface area contributed by atoms with Crippen molar-refractivity contribution >= 4 is 44.9 Å². The van der Waals surface area contributed by atoms with Gasteiger partial charge in [-0.3, -0.25) is 19.1 Å². The fraction of sp³-hybridized carbons (Fsp3) is 0.700. The van der Waals surface area contributed by atoms with Crippen molar-refractivity contribution in [2.75, 3.05) is 6.54 Å². The van der Waals surface area contributed by atoms with Crippen molar-refractivity contribution in [3.63, 3.8) is 0 Å². The van der Waals surface area contributed by atoms with E-state index < -0.39 is 92.3 Å². The molecule has 3 N–H and O–H groups in total. The molecule has 2 aliphatic heterocycles. The number of benzene rings is 1. The molecule has 2 bridgehead atoms. The van der Waals surface area contributed by atoms with Crippen molar-refractivity contribution in [2.45, 2.75) is 146 Å². The van der Waals surface area contributed by atoms with E-state index in [2.05, 4.69) is 22.5 Å². The molecule has 58 heavy (non-hydrogen) atoms. The molecule has 2 aromatic rings. The first-order chi connectivity index (χ1) is 27.2. The van der Waals surface area contributed by atoms with E-state index in [-0.39, 0.29) is 49.2 Å². The molecule has 3 heterocycles. The molecule has 5 aliphatic rings. The number of halogens is 3. The minimum atomic E-state index is -4.25. The summed E-state index contributed by atoms with van der Waals surface area (Å²) in [6, 6.07) is 1.38. The number of fused-ring (bicyclic) bond motifs is 5. The van der Waals surface area contributed by atoms with Crippen molar-refractivity contribution in [3.8, 4) is 5.88 Å². The van der Waals surface area contributed by atoms with Gasteiger partial charge in [-0.2, -0.15) is 0 Å². The average Bonchev–Trinajstić information content (AvgIpc) is 3.98. The summed E-state index contributed by atoms with van der Waals surface area (Å²) in [6.07, 6.45) is -0.0514. The van der Waals surface area contributed by atoms with Crippen LogP contribution in [0.4, 0.5) is 18.0 Å². The van der Waals surface area contributed by atoms with E-state index in [1.807, 2.05) is 4.72 Å². The van der Waals surface area contributed by atoms with E-state index in [4.69, 9.17) is 14.5 Å². The molecule has 14 nitrogen and oxygen atoms in total. The molecule has 4 amide bonds. The lowest BCUT2D eigenvalue weighted by Gasteiger charge is -2.35. The van der Waals surface area contributed by atoms with Crippen LogP contribution in [-0.2, 0) is 35.6 Å². The first-order valence-electron chi connectivity index (χ1n) is 20.3. The van der Waals surface area contributed by atoms with Crippen molar-refractivity contribution < 1.29 is 50.2 Å². The molecule has 1 aromatic heterocycles. The molecule has 7 rings (SSSR count). The number of aromatic nitrogens is 2. The van der Waals surface area contributed by atoms with Crippen LogP contribution in [0.25, 0.3) is 11.0 Å². The van der Waals surface area contributed by atoms with Crippen LogP contribution >= 0.6 is 0 Å². The maximum Gasteiger partial charge on any atom is 0.408 e. The Morgan fingerprint density at radius 1 is 1.03 bits per heavy atom. The fourth-order valence-electron chi connectivity index (χ4n) is 8.76. The Bertz CT molecular complexity index is 2080. The predicted octanol–water partition coefficient (Wildman–Crippen LogP) is 4.93. The number of nitrogens with one attached hydrogen (secondary N) is 3. The largest absolute Gasteiger partial charge is 0.471 e. The highest BCUT2D eigenvalue weighted by molar-refractivity contribution is 7.91. The highest BCUT2D eigenvalue weighted by Crippen LogP contribution is 2.49. The van der Waals surface area contributed by atoms with Gasteiger partial charge in [-0.1, -0.05) is 40.5 Å². The molecule has 0 unspecified atom stereocenters. The third kappa shape index (κ3) is 8.44. The van der Waals surface area contributed by atoms with E-state index in [0.717, 1.165) is 25.7 Å². The van der Waals surface area contributed by atoms with Crippen LogP contribution in [0.3, 0.4) is 0 Å². The number of carbonyl (C=O) groups excluding carboxylic acids is 4. The van der Waals surface area contributed by atoms with Crippen molar-refractivity contribution in [3.05, 3.63) is 29.7 Å². The highest BCUT2D eigenvalue weighted by atomic mass is 32.2. The molecule has 3 saturated carbocycles. The molecule has 18 heteroatoms. The third-order valence-electron chi connectivity index (χ3n) is 12.7. The van der Waals surface area contributed by atoms with Crippen molar-refractivity contribution in [2.24, 2.45) is 23.2 Å². The molecule has 1 aromatic carbocycles. The quantitative estimate of drug-likeness (QED) is 0.361. The van der Waals surface area contributed by atoms with Gasteiger partial charge in [0.2, 0.25) is 34.1 Å². The number of carbonyl (C=O) groups is 4. The van der Waals surface area contributed by atoms with Crippen LogP contribution in [0.15, 0.2) is 18.2 Å². The Hall–Kier alpha value is -4.22. The summed E-state index contributed by atoms with van der Waals surface area (Å²) < 4.78 is 81.9. The number of amides is 4. The molecule has 3 aliphatic carbocycles. The Labute approximate surface area is 336 Å². The van der Waals surface area contributed by atoms with Crippen molar-refractivity contribution in [1.29, 1.82) is 0 Å². The lowest BCUT2D eigenvalue weighted by Crippen LogP contribution is -2.60. The predicted molar refractivity (Wildman–Crippen MR) is 204 cm³/mol. The minimum absolute atomic E-state index is 0.0889. The first-order valence-corrected chi connectivity index (χ1v) is 21.8. The molecule has 4 fully saturated rings. The van der Waals surface area contributed by atoms with Crippen LogP contribution in [0.1, 0.15) is 105 Å². The lowest BCUT2D eigenvalue weighted by atomic mass is 9.85. The molecule has 318 valence electrons. The van der Waals surface area contributed by atoms with E-state index in [1.165, 1.54) is 30.0 Å². The summed E-state index contributed by atoms with van der Waals surface area (Å²) in [7, 11) is -4.25. The second-order valence-corrected chi connectivity index (χ2v) is 20.6. The smallest absolute Gasteiger partial charge is 0.408 e. The average molecular weight is 835 g/mol. The number of alkyl carbamates (subject to hydrolysis) is 1. The Balaban J connectivity index is 1.23. The standard InChI is InChI=1S/C40H53F3N6O8S/c1-21-15-22-9-7-6-8-10-27-34(45-28-17-23(41)11-12-26(28)44-27)56-24-18-29(49(20-24)35(51)31(38(2,3)4)46-37(53)57-30(22)16-21)33(50)47-40(19-25(40)32(42)43)36(52)48-58(54,55)39(5)13-14-39/h11-12,17,21-22,24-25,29-32H,6-10,13-16,18-20H2,1-5H3,(H,46,53)(H,47,50)(H,48,52)/t21-,22-,24-,25+,29+,30-,31-,40-/m1/s1. The first kappa shape index (κ1) is 41.9. The van der Waals surface area contributed by atoms with Gasteiger partial charge < -0.3 is 25.0 Å². The zero-order chi connectivity index (χ0) is 41.9. The van der Waals surface area contributed by atoms with Gasteiger partial charge in [0, 0.05) is 12.5 Å². The van der Waals surface area contributed by atoms with E-state index in [1.54, 1.807) is 20.8 Å². The molecular weight excluding hydrogens is 782 g/mol. The van der Waals surface area contributed by atoms with E-state index in [0.29, 0.717) is 36.4 Å². The Morgan fingerprint density at radius 2 is 1.78 bits per heavy atom. The number of nitrogens with zero attached hydrogens (tertiary/aromatic N) is 3. The van der Waals surface area contributed by atoms with E-state index in [9.17, 15) is 40.8 Å². The molecule has 1 saturated heterocycles. The maximum absolute atomic E-state index is 14.7. The van der Waals surface area contributed by atoms with Crippen LogP contribution in [0.5, 0.6) is 5.88 Å². The third-order valence-corrected chi connectivity index (χ3v) is 14.8. The van der Waals surface area contributed by atoms with Gasteiger partial charge in [-0.05, 0) is 87.7 Å². The summed E-state index contributed by atoms with van der Waals surface area (Å²) in [5.74, 6) is -4.63. The second kappa shape index (κ2) is 15.4. The van der Waals surface area contributed by atoms with Crippen LogP contribution < -0.4 is 20.1 Å². The van der Waals surface area contributed by atoms with Gasteiger partial charge in [0.05, 0.1) is 28.2 Å².